The van der Waals surface area contributed by atoms with E-state index in [9.17, 15) is 8.78 Å². The zero-order valence-corrected chi connectivity index (χ0v) is 15.4. The van der Waals surface area contributed by atoms with Crippen molar-refractivity contribution in [2.45, 2.75) is 12.3 Å². The molecule has 4 aromatic rings. The molecule has 1 aliphatic carbocycles. The summed E-state index contributed by atoms with van der Waals surface area (Å²) in [7, 11) is 0. The Bertz CT molecular complexity index is 1140. The number of benzene rings is 4. The van der Waals surface area contributed by atoms with E-state index in [-0.39, 0.29) is 0 Å². The van der Waals surface area contributed by atoms with E-state index in [1.165, 1.54) is 12.1 Å². The van der Waals surface area contributed by atoms with Crippen LogP contribution in [0.15, 0.2) is 91.0 Å². The topological polar surface area (TPSA) is 0 Å². The minimum atomic E-state index is -0.819. The maximum atomic E-state index is 14.5. The van der Waals surface area contributed by atoms with Crippen molar-refractivity contribution in [2.24, 2.45) is 0 Å². The maximum absolute atomic E-state index is 14.5. The molecule has 0 saturated heterocycles. The molecule has 0 aliphatic heterocycles. The number of rotatable bonds is 2. The van der Waals surface area contributed by atoms with Crippen LogP contribution in [-0.2, 0) is 5.41 Å². The zero-order chi connectivity index (χ0) is 19.3. The van der Waals surface area contributed by atoms with Crippen LogP contribution in [-0.4, -0.2) is 0 Å². The summed E-state index contributed by atoms with van der Waals surface area (Å²) in [6.45, 7) is 2.02. The van der Waals surface area contributed by atoms with Crippen LogP contribution >= 0.6 is 0 Å². The lowest BCUT2D eigenvalue weighted by Gasteiger charge is -2.33. The lowest BCUT2D eigenvalue weighted by molar-refractivity contribution is 0.506. The summed E-state index contributed by atoms with van der Waals surface area (Å²) in [5, 5.41) is 0. The minimum Gasteiger partial charge on any atom is -0.204 e. The Hall–Kier alpha value is -3.26. The Kier molecular flexibility index (Phi) is 3.70. The van der Waals surface area contributed by atoms with Crippen LogP contribution < -0.4 is 0 Å². The summed E-state index contributed by atoms with van der Waals surface area (Å²) in [6.07, 6.45) is 0. The summed E-state index contributed by atoms with van der Waals surface area (Å²) in [5.74, 6) is -1.63. The van der Waals surface area contributed by atoms with E-state index in [4.69, 9.17) is 0 Å². The third-order valence-corrected chi connectivity index (χ3v) is 5.82. The van der Waals surface area contributed by atoms with Gasteiger partial charge in [0.25, 0.3) is 0 Å². The number of hydrogen-bond donors (Lipinski definition) is 0. The molecule has 0 atom stereocenters. The van der Waals surface area contributed by atoms with Crippen LogP contribution in [0.4, 0.5) is 8.78 Å². The van der Waals surface area contributed by atoms with Gasteiger partial charge in [0.2, 0.25) is 0 Å². The van der Waals surface area contributed by atoms with Crippen LogP contribution in [0.25, 0.3) is 11.1 Å². The number of aryl methyl sites for hydroxylation is 1. The summed E-state index contributed by atoms with van der Waals surface area (Å²) in [5.41, 5.74) is 6.05. The van der Waals surface area contributed by atoms with Gasteiger partial charge < -0.3 is 0 Å². The molecular formula is C26H18F2. The number of fused-ring (bicyclic) bond motifs is 3. The normalized spacial score (nSPS) is 13.8. The Labute approximate surface area is 163 Å². The zero-order valence-electron chi connectivity index (χ0n) is 15.4. The Morgan fingerprint density at radius 3 is 1.79 bits per heavy atom. The van der Waals surface area contributed by atoms with Gasteiger partial charge in [-0.3, -0.25) is 0 Å². The molecule has 2 heteroatoms. The van der Waals surface area contributed by atoms with Gasteiger partial charge in [-0.2, -0.15) is 0 Å². The molecule has 0 bridgehead atoms. The molecule has 5 rings (SSSR count). The van der Waals surface area contributed by atoms with Gasteiger partial charge in [-0.25, -0.2) is 8.78 Å². The van der Waals surface area contributed by atoms with E-state index in [2.05, 4.69) is 30.3 Å². The monoisotopic (exact) mass is 368 g/mol. The first-order chi connectivity index (χ1) is 13.6. The molecule has 0 spiro atoms. The second kappa shape index (κ2) is 6.13. The first kappa shape index (κ1) is 16.9. The molecule has 0 nitrogen and oxygen atoms in total. The number of halogens is 2. The Morgan fingerprint density at radius 1 is 0.607 bits per heavy atom. The van der Waals surface area contributed by atoms with Crippen molar-refractivity contribution < 1.29 is 8.78 Å². The van der Waals surface area contributed by atoms with Crippen molar-refractivity contribution in [3.63, 3.8) is 0 Å². The molecular weight excluding hydrogens is 350 g/mol. The third kappa shape index (κ3) is 2.15. The van der Waals surface area contributed by atoms with Crippen molar-refractivity contribution in [1.29, 1.82) is 0 Å². The van der Waals surface area contributed by atoms with Crippen LogP contribution in [0.5, 0.6) is 0 Å². The highest BCUT2D eigenvalue weighted by molar-refractivity contribution is 5.88. The van der Waals surface area contributed by atoms with E-state index in [0.717, 1.165) is 38.9 Å². The van der Waals surface area contributed by atoms with E-state index in [1.54, 1.807) is 0 Å². The average molecular weight is 368 g/mol. The summed E-state index contributed by atoms with van der Waals surface area (Å²) in [6, 6.07) is 29.0. The van der Waals surface area contributed by atoms with Gasteiger partial charge in [0, 0.05) is 0 Å². The van der Waals surface area contributed by atoms with Crippen molar-refractivity contribution in [3.05, 3.63) is 130 Å². The molecule has 0 radical (unpaired) electrons. The highest BCUT2D eigenvalue weighted by Crippen LogP contribution is 2.57. The SMILES string of the molecule is Cc1cccc2c1-c1cc(F)c(F)cc1C2(c1ccccc1)c1ccccc1. The third-order valence-electron chi connectivity index (χ3n) is 5.82. The predicted octanol–water partition coefficient (Wildman–Crippen LogP) is 6.64. The van der Waals surface area contributed by atoms with Crippen molar-refractivity contribution in [2.75, 3.05) is 0 Å². The van der Waals surface area contributed by atoms with Gasteiger partial charge in [-0.15, -0.1) is 0 Å². The molecule has 0 heterocycles. The fourth-order valence-corrected chi connectivity index (χ4v) is 4.71. The van der Waals surface area contributed by atoms with Crippen LogP contribution in [0.1, 0.15) is 27.8 Å². The van der Waals surface area contributed by atoms with Gasteiger partial charge in [0.1, 0.15) is 0 Å². The predicted molar refractivity (Wildman–Crippen MR) is 108 cm³/mol. The van der Waals surface area contributed by atoms with Gasteiger partial charge in [0.05, 0.1) is 5.41 Å². The molecule has 0 saturated carbocycles. The van der Waals surface area contributed by atoms with E-state index in [0.29, 0.717) is 0 Å². The first-order valence-electron chi connectivity index (χ1n) is 9.35. The Balaban J connectivity index is 2.02. The molecule has 0 fully saturated rings. The second-order valence-corrected chi connectivity index (χ2v) is 7.29. The van der Waals surface area contributed by atoms with Gasteiger partial charge >= 0.3 is 0 Å². The first-order valence-corrected chi connectivity index (χ1v) is 9.35. The standard InChI is InChI=1S/C26H18F2/c1-17-9-8-14-21-25(17)20-15-23(27)24(28)16-22(20)26(21,18-10-4-2-5-11-18)19-12-6-3-7-13-19/h2-16H,1H3. The summed E-state index contributed by atoms with van der Waals surface area (Å²) >= 11 is 0. The minimum absolute atomic E-state index is 0.687. The van der Waals surface area contributed by atoms with Crippen LogP contribution in [0.3, 0.4) is 0 Å². The maximum Gasteiger partial charge on any atom is 0.159 e. The fourth-order valence-electron chi connectivity index (χ4n) is 4.71. The van der Waals surface area contributed by atoms with Gasteiger partial charge in [-0.05, 0) is 58.0 Å². The smallest absolute Gasteiger partial charge is 0.159 e. The van der Waals surface area contributed by atoms with Crippen LogP contribution in [0, 0.1) is 18.6 Å². The molecule has 1 aliphatic rings. The van der Waals surface area contributed by atoms with E-state index >= 15 is 0 Å². The second-order valence-electron chi connectivity index (χ2n) is 7.29. The quantitative estimate of drug-likeness (QED) is 0.328. The average Bonchev–Trinajstić information content (AvgIpc) is 3.01. The molecule has 0 amide bonds. The highest BCUT2D eigenvalue weighted by Gasteiger charge is 2.47. The van der Waals surface area contributed by atoms with Crippen molar-refractivity contribution in [1.82, 2.24) is 0 Å². The lowest BCUT2D eigenvalue weighted by Crippen LogP contribution is -2.28. The molecule has 28 heavy (non-hydrogen) atoms. The summed E-state index contributed by atoms with van der Waals surface area (Å²) in [4.78, 5) is 0. The van der Waals surface area contributed by atoms with Gasteiger partial charge in [-0.1, -0.05) is 78.9 Å². The lowest BCUT2D eigenvalue weighted by atomic mass is 9.67. The van der Waals surface area contributed by atoms with E-state index in [1.807, 2.05) is 55.5 Å². The van der Waals surface area contributed by atoms with Crippen molar-refractivity contribution in [3.8, 4) is 11.1 Å². The molecule has 0 N–H and O–H groups in total. The Morgan fingerprint density at radius 2 is 1.18 bits per heavy atom. The fraction of sp³-hybridized carbons (Fsp3) is 0.0769. The van der Waals surface area contributed by atoms with E-state index < -0.39 is 17.0 Å². The largest absolute Gasteiger partial charge is 0.204 e. The molecule has 0 unspecified atom stereocenters. The molecule has 4 aromatic carbocycles. The van der Waals surface area contributed by atoms with Crippen molar-refractivity contribution >= 4 is 0 Å². The van der Waals surface area contributed by atoms with Gasteiger partial charge in [0.15, 0.2) is 11.6 Å². The van der Waals surface area contributed by atoms with Crippen LogP contribution in [0.2, 0.25) is 0 Å². The summed E-state index contributed by atoms with van der Waals surface area (Å²) < 4.78 is 28.8. The highest BCUT2D eigenvalue weighted by atomic mass is 19.2. The number of hydrogen-bond acceptors (Lipinski definition) is 0. The molecule has 0 aromatic heterocycles. The molecule has 136 valence electrons.